The van der Waals surface area contributed by atoms with Crippen molar-refractivity contribution in [3.05, 3.63) is 4.77 Å². The van der Waals surface area contributed by atoms with Gasteiger partial charge in [0.25, 0.3) is 0 Å². The summed E-state index contributed by atoms with van der Waals surface area (Å²) in [6, 6.07) is 0.643. The largest absolute Gasteiger partial charge is 0.338 e. The molecule has 1 aliphatic rings. The number of anilines is 1. The topological polar surface area (TPSA) is 36.9 Å². The standard InChI is InChI=1S/C13H24N4S/c1-3-10-17-12(14-15-13(17)18)16(4-2)11-8-6-5-7-9-11/h11H,3-10H2,1-2H3,(H,15,18). The summed E-state index contributed by atoms with van der Waals surface area (Å²) >= 11 is 5.33. The Balaban J connectivity index is 2.23. The van der Waals surface area contributed by atoms with Crippen LogP contribution in [0.1, 0.15) is 52.4 Å². The summed E-state index contributed by atoms with van der Waals surface area (Å²) < 4.78 is 2.90. The Hall–Kier alpha value is -0.840. The zero-order valence-corrected chi connectivity index (χ0v) is 12.3. The molecule has 0 atom stereocenters. The average Bonchev–Trinajstić information content (AvgIpc) is 2.75. The van der Waals surface area contributed by atoms with Gasteiger partial charge in [-0.05, 0) is 38.4 Å². The number of rotatable bonds is 5. The van der Waals surface area contributed by atoms with Crippen LogP contribution in [0, 0.1) is 4.77 Å². The molecule has 0 saturated heterocycles. The maximum absolute atomic E-state index is 5.33. The molecule has 1 saturated carbocycles. The first-order valence-corrected chi connectivity index (χ1v) is 7.60. The van der Waals surface area contributed by atoms with Crippen LogP contribution >= 0.6 is 12.2 Å². The molecule has 18 heavy (non-hydrogen) atoms. The first-order chi connectivity index (χ1) is 8.77. The summed E-state index contributed by atoms with van der Waals surface area (Å²) in [6.45, 7) is 6.35. The van der Waals surface area contributed by atoms with Crippen LogP contribution < -0.4 is 4.90 Å². The van der Waals surface area contributed by atoms with Crippen molar-refractivity contribution >= 4 is 18.2 Å². The van der Waals surface area contributed by atoms with Crippen LogP contribution in [0.3, 0.4) is 0 Å². The Morgan fingerprint density at radius 1 is 1.33 bits per heavy atom. The zero-order chi connectivity index (χ0) is 13.0. The number of hydrogen-bond acceptors (Lipinski definition) is 3. The predicted octanol–water partition coefficient (Wildman–Crippen LogP) is 3.51. The molecule has 4 nitrogen and oxygen atoms in total. The van der Waals surface area contributed by atoms with E-state index in [9.17, 15) is 0 Å². The van der Waals surface area contributed by atoms with E-state index in [4.69, 9.17) is 12.2 Å². The smallest absolute Gasteiger partial charge is 0.225 e. The van der Waals surface area contributed by atoms with Crippen molar-refractivity contribution in [1.82, 2.24) is 14.8 Å². The van der Waals surface area contributed by atoms with Crippen molar-refractivity contribution in [2.45, 2.75) is 65.0 Å². The van der Waals surface area contributed by atoms with E-state index in [0.29, 0.717) is 6.04 Å². The number of aromatic amines is 1. The minimum Gasteiger partial charge on any atom is -0.338 e. The molecule has 0 radical (unpaired) electrons. The number of nitrogens with one attached hydrogen (secondary N) is 1. The van der Waals surface area contributed by atoms with Gasteiger partial charge in [0.1, 0.15) is 0 Å². The van der Waals surface area contributed by atoms with Gasteiger partial charge in [-0.25, -0.2) is 5.10 Å². The van der Waals surface area contributed by atoms with E-state index in [-0.39, 0.29) is 0 Å². The van der Waals surface area contributed by atoms with Gasteiger partial charge < -0.3 is 4.90 Å². The van der Waals surface area contributed by atoms with E-state index in [0.717, 1.165) is 30.2 Å². The minimum absolute atomic E-state index is 0.643. The van der Waals surface area contributed by atoms with Crippen LogP contribution in [0.5, 0.6) is 0 Å². The monoisotopic (exact) mass is 268 g/mol. The van der Waals surface area contributed by atoms with Gasteiger partial charge in [-0.15, -0.1) is 5.10 Å². The van der Waals surface area contributed by atoms with Crippen LogP contribution in [0.15, 0.2) is 0 Å². The van der Waals surface area contributed by atoms with E-state index in [1.165, 1.54) is 32.1 Å². The van der Waals surface area contributed by atoms with Crippen molar-refractivity contribution in [3.8, 4) is 0 Å². The van der Waals surface area contributed by atoms with E-state index in [1.54, 1.807) is 0 Å². The molecule has 2 rings (SSSR count). The quantitative estimate of drug-likeness (QED) is 0.830. The summed E-state index contributed by atoms with van der Waals surface area (Å²) in [4.78, 5) is 2.43. The molecule has 1 N–H and O–H groups in total. The zero-order valence-electron chi connectivity index (χ0n) is 11.5. The van der Waals surface area contributed by atoms with Gasteiger partial charge >= 0.3 is 0 Å². The number of aromatic nitrogens is 3. The summed E-state index contributed by atoms with van der Waals surface area (Å²) in [5, 5.41) is 7.40. The van der Waals surface area contributed by atoms with Crippen molar-refractivity contribution in [1.29, 1.82) is 0 Å². The van der Waals surface area contributed by atoms with E-state index in [1.807, 2.05) is 0 Å². The third kappa shape index (κ3) is 2.76. The normalized spacial score (nSPS) is 17.0. The molecule has 1 fully saturated rings. The third-order valence-electron chi connectivity index (χ3n) is 3.80. The van der Waals surface area contributed by atoms with Gasteiger partial charge in [-0.1, -0.05) is 26.2 Å². The fourth-order valence-corrected chi connectivity index (χ4v) is 3.13. The highest BCUT2D eigenvalue weighted by atomic mass is 32.1. The summed E-state index contributed by atoms with van der Waals surface area (Å²) in [5.74, 6) is 1.04. The second-order valence-corrected chi connectivity index (χ2v) is 5.44. The van der Waals surface area contributed by atoms with Crippen LogP contribution in [0.2, 0.25) is 0 Å². The van der Waals surface area contributed by atoms with Gasteiger partial charge in [0, 0.05) is 19.1 Å². The highest BCUT2D eigenvalue weighted by molar-refractivity contribution is 7.71. The Labute approximate surface area is 114 Å². The summed E-state index contributed by atoms with van der Waals surface area (Å²) in [7, 11) is 0. The number of nitrogens with zero attached hydrogens (tertiary/aromatic N) is 3. The lowest BCUT2D eigenvalue weighted by atomic mass is 9.94. The Bertz CT molecular complexity index is 417. The lowest BCUT2D eigenvalue weighted by Crippen LogP contribution is -2.38. The van der Waals surface area contributed by atoms with Crippen molar-refractivity contribution in [2.75, 3.05) is 11.4 Å². The molecule has 5 heteroatoms. The molecule has 0 bridgehead atoms. The molecule has 102 valence electrons. The highest BCUT2D eigenvalue weighted by Crippen LogP contribution is 2.26. The van der Waals surface area contributed by atoms with Gasteiger partial charge in [-0.2, -0.15) is 0 Å². The Morgan fingerprint density at radius 3 is 2.67 bits per heavy atom. The SMILES string of the molecule is CCCn1c(N(CC)C2CCCCC2)n[nH]c1=S. The van der Waals surface area contributed by atoms with Gasteiger partial charge in [0.2, 0.25) is 5.95 Å². The lowest BCUT2D eigenvalue weighted by molar-refractivity contribution is 0.410. The fraction of sp³-hybridized carbons (Fsp3) is 0.846. The van der Waals surface area contributed by atoms with Crippen LogP contribution in [-0.4, -0.2) is 27.4 Å². The van der Waals surface area contributed by atoms with Crippen LogP contribution in [0.4, 0.5) is 5.95 Å². The molecule has 0 unspecified atom stereocenters. The molecule has 0 amide bonds. The van der Waals surface area contributed by atoms with Crippen molar-refractivity contribution < 1.29 is 0 Å². The molecule has 0 aliphatic heterocycles. The number of hydrogen-bond donors (Lipinski definition) is 1. The fourth-order valence-electron chi connectivity index (χ4n) is 2.91. The van der Waals surface area contributed by atoms with E-state index >= 15 is 0 Å². The van der Waals surface area contributed by atoms with Crippen molar-refractivity contribution in [3.63, 3.8) is 0 Å². The maximum Gasteiger partial charge on any atom is 0.225 e. The van der Waals surface area contributed by atoms with E-state index in [2.05, 4.69) is 33.5 Å². The summed E-state index contributed by atoms with van der Waals surface area (Å²) in [6.07, 6.45) is 7.75. The second-order valence-electron chi connectivity index (χ2n) is 5.06. The molecule has 0 aromatic carbocycles. The molecule has 1 aliphatic carbocycles. The highest BCUT2D eigenvalue weighted by Gasteiger charge is 2.23. The lowest BCUT2D eigenvalue weighted by Gasteiger charge is -2.34. The first kappa shape index (κ1) is 13.6. The van der Waals surface area contributed by atoms with E-state index < -0.39 is 0 Å². The Kier molecular flexibility index (Phi) is 4.80. The van der Waals surface area contributed by atoms with Gasteiger partial charge in [0.15, 0.2) is 4.77 Å². The van der Waals surface area contributed by atoms with Gasteiger partial charge in [0.05, 0.1) is 0 Å². The Morgan fingerprint density at radius 2 is 2.06 bits per heavy atom. The first-order valence-electron chi connectivity index (χ1n) is 7.19. The molecule has 1 heterocycles. The average molecular weight is 268 g/mol. The minimum atomic E-state index is 0.643. The molecule has 1 aromatic rings. The molecule has 0 spiro atoms. The van der Waals surface area contributed by atoms with Crippen LogP contribution in [0.25, 0.3) is 0 Å². The molecular formula is C13H24N4S. The summed E-state index contributed by atoms with van der Waals surface area (Å²) in [5.41, 5.74) is 0. The van der Waals surface area contributed by atoms with Crippen molar-refractivity contribution in [2.24, 2.45) is 0 Å². The third-order valence-corrected chi connectivity index (χ3v) is 4.11. The maximum atomic E-state index is 5.33. The van der Waals surface area contributed by atoms with Crippen LogP contribution in [-0.2, 0) is 6.54 Å². The van der Waals surface area contributed by atoms with Gasteiger partial charge in [-0.3, -0.25) is 4.57 Å². The molecular weight excluding hydrogens is 244 g/mol. The number of H-pyrrole nitrogens is 1. The predicted molar refractivity (Wildman–Crippen MR) is 77.6 cm³/mol. The molecule has 1 aromatic heterocycles. The second kappa shape index (κ2) is 6.36.